The lowest BCUT2D eigenvalue weighted by Gasteiger charge is -2.12. The van der Waals surface area contributed by atoms with Crippen molar-refractivity contribution in [2.45, 2.75) is 13.2 Å². The minimum atomic E-state index is 0.354. The molecule has 4 nitrogen and oxygen atoms in total. The molecule has 2 aromatic carbocycles. The second-order valence-electron chi connectivity index (χ2n) is 4.39. The van der Waals surface area contributed by atoms with Crippen LogP contribution in [0.5, 0.6) is 11.5 Å². The van der Waals surface area contributed by atoms with Gasteiger partial charge in [-0.25, -0.2) is 0 Å². The van der Waals surface area contributed by atoms with Crippen molar-refractivity contribution in [3.05, 3.63) is 58.1 Å². The number of nitriles is 1. The van der Waals surface area contributed by atoms with Crippen molar-refractivity contribution >= 4 is 11.6 Å². The highest BCUT2D eigenvalue weighted by atomic mass is 35.5. The van der Waals surface area contributed by atoms with Gasteiger partial charge in [-0.3, -0.25) is 0 Å². The molecule has 0 amide bonds. The van der Waals surface area contributed by atoms with Gasteiger partial charge in [-0.15, -0.1) is 0 Å². The molecule has 0 aliphatic rings. The van der Waals surface area contributed by atoms with E-state index in [1.54, 1.807) is 30.3 Å². The SMILES string of the molecule is COc1cc(COc2ccc(Cl)cc2CN)ccc1C#N. The Bertz CT molecular complexity index is 680. The fourth-order valence-corrected chi connectivity index (χ4v) is 2.12. The van der Waals surface area contributed by atoms with Crippen LogP contribution in [-0.2, 0) is 13.2 Å². The molecule has 0 aliphatic carbocycles. The number of hydrogen-bond donors (Lipinski definition) is 1. The highest BCUT2D eigenvalue weighted by molar-refractivity contribution is 6.30. The molecular weight excluding hydrogens is 288 g/mol. The topological polar surface area (TPSA) is 68.3 Å². The number of nitrogens with zero attached hydrogens (tertiary/aromatic N) is 1. The average Bonchev–Trinajstić information content (AvgIpc) is 2.53. The van der Waals surface area contributed by atoms with Crippen LogP contribution in [-0.4, -0.2) is 7.11 Å². The van der Waals surface area contributed by atoms with E-state index in [2.05, 4.69) is 6.07 Å². The Morgan fingerprint density at radius 1 is 1.19 bits per heavy atom. The Balaban J connectivity index is 2.15. The molecule has 0 saturated heterocycles. The fraction of sp³-hybridized carbons (Fsp3) is 0.188. The molecule has 0 atom stereocenters. The highest BCUT2D eigenvalue weighted by Crippen LogP contribution is 2.25. The van der Waals surface area contributed by atoms with Crippen molar-refractivity contribution < 1.29 is 9.47 Å². The minimum absolute atomic E-state index is 0.354. The lowest BCUT2D eigenvalue weighted by molar-refractivity contribution is 0.302. The number of rotatable bonds is 5. The van der Waals surface area contributed by atoms with Gasteiger partial charge in [0.05, 0.1) is 12.7 Å². The van der Waals surface area contributed by atoms with Crippen LogP contribution >= 0.6 is 11.6 Å². The molecule has 0 spiro atoms. The number of benzene rings is 2. The van der Waals surface area contributed by atoms with Crippen LogP contribution in [0.4, 0.5) is 0 Å². The largest absolute Gasteiger partial charge is 0.495 e. The molecule has 2 aromatic rings. The third-order valence-electron chi connectivity index (χ3n) is 3.02. The molecule has 0 fully saturated rings. The van der Waals surface area contributed by atoms with E-state index in [1.165, 1.54) is 7.11 Å². The predicted octanol–water partition coefficient (Wildman–Crippen LogP) is 3.26. The Labute approximate surface area is 128 Å². The highest BCUT2D eigenvalue weighted by Gasteiger charge is 2.07. The van der Waals surface area contributed by atoms with Gasteiger partial charge in [-0.05, 0) is 35.9 Å². The van der Waals surface area contributed by atoms with Gasteiger partial charge in [-0.1, -0.05) is 17.7 Å². The van der Waals surface area contributed by atoms with Crippen molar-refractivity contribution in [3.8, 4) is 17.6 Å². The zero-order chi connectivity index (χ0) is 15.2. The molecule has 0 bridgehead atoms. The quantitative estimate of drug-likeness (QED) is 0.920. The number of nitrogens with two attached hydrogens (primary N) is 1. The molecule has 5 heteroatoms. The summed E-state index contributed by atoms with van der Waals surface area (Å²) in [7, 11) is 1.53. The van der Waals surface area contributed by atoms with Crippen molar-refractivity contribution in [2.24, 2.45) is 5.73 Å². The van der Waals surface area contributed by atoms with Crippen molar-refractivity contribution in [2.75, 3.05) is 7.11 Å². The van der Waals surface area contributed by atoms with E-state index in [-0.39, 0.29) is 0 Å². The Kier molecular flexibility index (Phi) is 5.04. The van der Waals surface area contributed by atoms with Gasteiger partial charge in [0, 0.05) is 17.1 Å². The molecule has 0 aromatic heterocycles. The molecule has 2 N–H and O–H groups in total. The Morgan fingerprint density at radius 3 is 2.67 bits per heavy atom. The first-order valence-corrected chi connectivity index (χ1v) is 6.74. The Morgan fingerprint density at radius 2 is 2.00 bits per heavy atom. The summed E-state index contributed by atoms with van der Waals surface area (Å²) in [5.74, 6) is 1.24. The monoisotopic (exact) mass is 302 g/mol. The van der Waals surface area contributed by atoms with Crippen LogP contribution in [0.3, 0.4) is 0 Å². The van der Waals surface area contributed by atoms with Gasteiger partial charge in [-0.2, -0.15) is 5.26 Å². The number of ether oxygens (including phenoxy) is 2. The summed E-state index contributed by atoms with van der Waals surface area (Å²) in [6.07, 6.45) is 0. The first-order valence-electron chi connectivity index (χ1n) is 6.36. The smallest absolute Gasteiger partial charge is 0.137 e. The van der Waals surface area contributed by atoms with Crippen LogP contribution < -0.4 is 15.2 Å². The van der Waals surface area contributed by atoms with E-state index in [0.717, 1.165) is 11.1 Å². The van der Waals surface area contributed by atoms with Crippen LogP contribution in [0.1, 0.15) is 16.7 Å². The molecule has 21 heavy (non-hydrogen) atoms. The fourth-order valence-electron chi connectivity index (χ4n) is 1.93. The molecule has 108 valence electrons. The minimum Gasteiger partial charge on any atom is -0.495 e. The molecular formula is C16H15ClN2O2. The van der Waals surface area contributed by atoms with E-state index in [4.69, 9.17) is 32.1 Å². The van der Waals surface area contributed by atoms with Crippen molar-refractivity contribution in [1.82, 2.24) is 0 Å². The van der Waals surface area contributed by atoms with E-state index >= 15 is 0 Å². The summed E-state index contributed by atoms with van der Waals surface area (Å²) >= 11 is 5.93. The lowest BCUT2D eigenvalue weighted by atomic mass is 10.1. The van der Waals surface area contributed by atoms with E-state index in [1.807, 2.05) is 6.07 Å². The van der Waals surface area contributed by atoms with E-state index < -0.39 is 0 Å². The van der Waals surface area contributed by atoms with Gasteiger partial charge in [0.1, 0.15) is 24.2 Å². The molecule has 0 aliphatic heterocycles. The van der Waals surface area contributed by atoms with E-state index in [9.17, 15) is 0 Å². The maximum atomic E-state index is 8.95. The standard InChI is InChI=1S/C16H15ClN2O2/c1-20-16-6-11(2-3-12(16)8-18)10-21-15-5-4-14(17)7-13(15)9-19/h2-7H,9-10,19H2,1H3. The summed E-state index contributed by atoms with van der Waals surface area (Å²) in [4.78, 5) is 0. The zero-order valence-corrected chi connectivity index (χ0v) is 12.4. The number of halogens is 1. The molecule has 0 radical (unpaired) electrons. The van der Waals surface area contributed by atoms with Crippen LogP contribution in [0.15, 0.2) is 36.4 Å². The van der Waals surface area contributed by atoms with E-state index in [0.29, 0.717) is 35.2 Å². The number of hydrogen-bond acceptors (Lipinski definition) is 4. The normalized spacial score (nSPS) is 10.0. The van der Waals surface area contributed by atoms with Gasteiger partial charge in [0.25, 0.3) is 0 Å². The maximum Gasteiger partial charge on any atom is 0.137 e. The summed E-state index contributed by atoms with van der Waals surface area (Å²) < 4.78 is 10.9. The predicted molar refractivity (Wildman–Crippen MR) is 81.4 cm³/mol. The van der Waals surface area contributed by atoms with Gasteiger partial charge >= 0.3 is 0 Å². The third-order valence-corrected chi connectivity index (χ3v) is 3.26. The summed E-state index contributed by atoms with van der Waals surface area (Å²) in [5, 5.41) is 9.58. The van der Waals surface area contributed by atoms with Crippen LogP contribution in [0, 0.1) is 11.3 Å². The van der Waals surface area contributed by atoms with Crippen molar-refractivity contribution in [3.63, 3.8) is 0 Å². The van der Waals surface area contributed by atoms with Crippen LogP contribution in [0.25, 0.3) is 0 Å². The molecule has 2 rings (SSSR count). The molecule has 0 saturated carbocycles. The summed E-state index contributed by atoms with van der Waals surface area (Å²) in [6.45, 7) is 0.712. The maximum absolute atomic E-state index is 8.95. The molecule has 0 heterocycles. The average molecular weight is 303 g/mol. The van der Waals surface area contributed by atoms with Crippen LogP contribution in [0.2, 0.25) is 5.02 Å². The summed E-state index contributed by atoms with van der Waals surface area (Å²) in [6, 6.07) is 12.8. The zero-order valence-electron chi connectivity index (χ0n) is 11.6. The van der Waals surface area contributed by atoms with Gasteiger partial charge in [0.15, 0.2) is 0 Å². The second-order valence-corrected chi connectivity index (χ2v) is 4.83. The van der Waals surface area contributed by atoms with Gasteiger partial charge < -0.3 is 15.2 Å². The first-order chi connectivity index (χ1) is 10.2. The molecule has 0 unspecified atom stereocenters. The summed E-state index contributed by atoms with van der Waals surface area (Å²) in [5.41, 5.74) is 7.93. The lowest BCUT2D eigenvalue weighted by Crippen LogP contribution is -2.03. The second kappa shape index (κ2) is 6.98. The number of methoxy groups -OCH3 is 1. The van der Waals surface area contributed by atoms with Gasteiger partial charge in [0.2, 0.25) is 0 Å². The first kappa shape index (κ1) is 15.2. The van der Waals surface area contributed by atoms with Crippen molar-refractivity contribution in [1.29, 1.82) is 5.26 Å². The Hall–Kier alpha value is -2.22. The third kappa shape index (κ3) is 3.66.